The van der Waals surface area contributed by atoms with Crippen LogP contribution >= 0.6 is 24.8 Å². The molecule has 0 unspecified atom stereocenters. The van der Waals surface area contributed by atoms with Gasteiger partial charge in [-0.1, -0.05) is 18.2 Å². The molecule has 0 amide bonds. The Morgan fingerprint density at radius 2 is 1.40 bits per heavy atom. The van der Waals surface area contributed by atoms with Gasteiger partial charge in [0.15, 0.2) is 0 Å². The Labute approximate surface area is 126 Å². The number of hydrogen-bond donors (Lipinski definition) is 2. The number of rotatable bonds is 1. The largest absolute Gasteiger partial charge is 0.417 e. The average Bonchev–Trinajstić information content (AvgIpc) is 2.31. The normalized spacial score (nSPS) is 10.3. The first-order chi connectivity index (χ1) is 8.39. The highest BCUT2D eigenvalue weighted by Gasteiger charge is 2.33. The van der Waals surface area contributed by atoms with Crippen molar-refractivity contribution in [2.45, 2.75) is 6.18 Å². The van der Waals surface area contributed by atoms with Crippen molar-refractivity contribution >= 4 is 36.2 Å². The quantitative estimate of drug-likeness (QED) is 0.765. The molecule has 0 aliphatic rings. The highest BCUT2D eigenvalue weighted by molar-refractivity contribution is 5.85. The topological polar surface area (TPSA) is 52.0 Å². The third-order valence-electron chi connectivity index (χ3n) is 2.60. The molecule has 2 aromatic carbocycles. The maximum atomic E-state index is 12.9. The number of nitrogen functional groups attached to an aromatic ring is 2. The summed E-state index contributed by atoms with van der Waals surface area (Å²) in [5, 5.41) is 0. The highest BCUT2D eigenvalue weighted by atomic mass is 35.5. The molecule has 20 heavy (non-hydrogen) atoms. The molecule has 4 N–H and O–H groups in total. The van der Waals surface area contributed by atoms with Crippen molar-refractivity contribution in [1.82, 2.24) is 0 Å². The second-order valence-electron chi connectivity index (χ2n) is 3.89. The molecule has 110 valence electrons. The third kappa shape index (κ3) is 3.71. The van der Waals surface area contributed by atoms with E-state index in [9.17, 15) is 13.2 Å². The fraction of sp³-hybridized carbons (Fsp3) is 0.0769. The van der Waals surface area contributed by atoms with Crippen LogP contribution in [0.5, 0.6) is 0 Å². The van der Waals surface area contributed by atoms with E-state index in [4.69, 9.17) is 11.5 Å². The van der Waals surface area contributed by atoms with Gasteiger partial charge in [-0.15, -0.1) is 24.8 Å². The van der Waals surface area contributed by atoms with Gasteiger partial charge in [0.25, 0.3) is 0 Å². The lowest BCUT2D eigenvalue weighted by atomic mass is 9.97. The molecule has 0 aromatic heterocycles. The van der Waals surface area contributed by atoms with Gasteiger partial charge in [-0.25, -0.2) is 0 Å². The lowest BCUT2D eigenvalue weighted by Gasteiger charge is -2.14. The molecule has 0 spiro atoms. The number of anilines is 2. The zero-order valence-corrected chi connectivity index (χ0v) is 11.8. The van der Waals surface area contributed by atoms with Gasteiger partial charge in [-0.05, 0) is 29.8 Å². The molecule has 0 aliphatic heterocycles. The van der Waals surface area contributed by atoms with Gasteiger partial charge >= 0.3 is 6.18 Å². The summed E-state index contributed by atoms with van der Waals surface area (Å²) < 4.78 is 38.7. The van der Waals surface area contributed by atoms with Crippen LogP contribution in [0.3, 0.4) is 0 Å². The fourth-order valence-corrected chi connectivity index (χ4v) is 1.77. The van der Waals surface area contributed by atoms with E-state index in [0.29, 0.717) is 11.3 Å². The van der Waals surface area contributed by atoms with E-state index in [1.807, 2.05) is 0 Å². The maximum absolute atomic E-state index is 12.9. The second-order valence-corrected chi connectivity index (χ2v) is 3.89. The molecular formula is C13H13Cl2F3N2. The molecule has 0 bridgehead atoms. The van der Waals surface area contributed by atoms with E-state index in [1.165, 1.54) is 30.3 Å². The number of hydrogen-bond acceptors (Lipinski definition) is 2. The molecule has 0 radical (unpaired) electrons. The Morgan fingerprint density at radius 1 is 0.800 bits per heavy atom. The van der Waals surface area contributed by atoms with Gasteiger partial charge in [0.05, 0.1) is 5.56 Å². The molecule has 0 fully saturated rings. The Morgan fingerprint density at radius 3 is 2.00 bits per heavy atom. The molecule has 2 aromatic rings. The third-order valence-corrected chi connectivity index (χ3v) is 2.60. The lowest BCUT2D eigenvalue weighted by molar-refractivity contribution is -0.137. The average molecular weight is 325 g/mol. The number of alkyl halides is 3. The molecule has 0 heterocycles. The molecule has 0 atom stereocenters. The smallest absolute Gasteiger partial charge is 0.399 e. The van der Waals surface area contributed by atoms with Crippen LogP contribution in [0.4, 0.5) is 24.5 Å². The Bertz CT molecular complexity index is 586. The lowest BCUT2D eigenvalue weighted by Crippen LogP contribution is -2.07. The number of halogens is 5. The summed E-state index contributed by atoms with van der Waals surface area (Å²) in [6.45, 7) is 0. The highest BCUT2D eigenvalue weighted by Crippen LogP contribution is 2.39. The van der Waals surface area contributed by atoms with Crippen molar-refractivity contribution in [3.63, 3.8) is 0 Å². The van der Waals surface area contributed by atoms with Gasteiger partial charge in [0.2, 0.25) is 0 Å². The van der Waals surface area contributed by atoms with E-state index in [2.05, 4.69) is 0 Å². The number of benzene rings is 2. The van der Waals surface area contributed by atoms with Crippen LogP contribution in [0.15, 0.2) is 42.5 Å². The first kappa shape index (κ1) is 18.4. The van der Waals surface area contributed by atoms with Crippen LogP contribution in [-0.4, -0.2) is 0 Å². The maximum Gasteiger partial charge on any atom is 0.417 e. The number of nitrogens with two attached hydrogens (primary N) is 2. The predicted octanol–water partition coefficient (Wildman–Crippen LogP) is 4.38. The van der Waals surface area contributed by atoms with Crippen molar-refractivity contribution < 1.29 is 13.2 Å². The Kier molecular flexibility index (Phi) is 6.19. The zero-order chi connectivity index (χ0) is 13.3. The van der Waals surface area contributed by atoms with Gasteiger partial charge in [-0.2, -0.15) is 13.2 Å². The zero-order valence-electron chi connectivity index (χ0n) is 10.1. The van der Waals surface area contributed by atoms with Crippen molar-refractivity contribution in [3.05, 3.63) is 48.0 Å². The standard InChI is InChI=1S/C13H11F3N2.2ClH/c14-13(15,16)11-4-2-1-3-9(11)10-7-8(17)5-6-12(10)18;;/h1-7H,17-18H2;2*1H. The first-order valence-electron chi connectivity index (χ1n) is 5.21. The molecule has 2 nitrogen and oxygen atoms in total. The molecule has 2 rings (SSSR count). The van der Waals surface area contributed by atoms with Crippen LogP contribution in [0.25, 0.3) is 11.1 Å². The minimum absolute atomic E-state index is 0. The first-order valence-corrected chi connectivity index (χ1v) is 5.21. The molecule has 0 saturated carbocycles. The summed E-state index contributed by atoms with van der Waals surface area (Å²) in [6, 6.07) is 9.78. The van der Waals surface area contributed by atoms with Gasteiger partial charge in [-0.3, -0.25) is 0 Å². The summed E-state index contributed by atoms with van der Waals surface area (Å²) in [7, 11) is 0. The molecule has 0 aliphatic carbocycles. The van der Waals surface area contributed by atoms with Crippen LogP contribution in [-0.2, 0) is 6.18 Å². The van der Waals surface area contributed by atoms with E-state index in [0.717, 1.165) is 6.07 Å². The summed E-state index contributed by atoms with van der Waals surface area (Å²) >= 11 is 0. The van der Waals surface area contributed by atoms with E-state index < -0.39 is 11.7 Å². The summed E-state index contributed by atoms with van der Waals surface area (Å²) in [5.74, 6) is 0. The van der Waals surface area contributed by atoms with Gasteiger partial charge < -0.3 is 11.5 Å². The predicted molar refractivity (Wildman–Crippen MR) is 80.2 cm³/mol. The Hall–Kier alpha value is -1.59. The van der Waals surface area contributed by atoms with Gasteiger partial charge in [0, 0.05) is 16.9 Å². The van der Waals surface area contributed by atoms with E-state index >= 15 is 0 Å². The monoisotopic (exact) mass is 324 g/mol. The van der Waals surface area contributed by atoms with Crippen molar-refractivity contribution in [3.8, 4) is 11.1 Å². The minimum atomic E-state index is -4.42. The van der Waals surface area contributed by atoms with E-state index in [1.54, 1.807) is 6.07 Å². The minimum Gasteiger partial charge on any atom is -0.399 e. The van der Waals surface area contributed by atoms with Crippen LogP contribution in [0.2, 0.25) is 0 Å². The van der Waals surface area contributed by atoms with Crippen molar-refractivity contribution in [2.24, 2.45) is 0 Å². The van der Waals surface area contributed by atoms with Crippen molar-refractivity contribution in [1.29, 1.82) is 0 Å². The molecular weight excluding hydrogens is 312 g/mol. The van der Waals surface area contributed by atoms with Crippen molar-refractivity contribution in [2.75, 3.05) is 11.5 Å². The summed E-state index contributed by atoms with van der Waals surface area (Å²) in [6.07, 6.45) is -4.42. The van der Waals surface area contributed by atoms with Crippen LogP contribution in [0, 0.1) is 0 Å². The van der Waals surface area contributed by atoms with Crippen LogP contribution < -0.4 is 11.5 Å². The molecule has 7 heteroatoms. The molecule has 0 saturated heterocycles. The van der Waals surface area contributed by atoms with Crippen LogP contribution in [0.1, 0.15) is 5.56 Å². The SMILES string of the molecule is Cl.Cl.Nc1ccc(N)c(-c2ccccc2C(F)(F)F)c1. The van der Waals surface area contributed by atoms with E-state index in [-0.39, 0.29) is 36.1 Å². The second kappa shape index (κ2) is 6.72. The fourth-order valence-electron chi connectivity index (χ4n) is 1.77. The van der Waals surface area contributed by atoms with Gasteiger partial charge in [0.1, 0.15) is 0 Å². The summed E-state index contributed by atoms with van der Waals surface area (Å²) in [4.78, 5) is 0. The Balaban J connectivity index is 0.00000180. The summed E-state index contributed by atoms with van der Waals surface area (Å²) in [5.41, 5.74) is 11.5.